The third-order valence-corrected chi connectivity index (χ3v) is 13.8. The molecule has 0 atom stereocenters. The molecule has 61 heavy (non-hydrogen) atoms. The lowest BCUT2D eigenvalue weighted by molar-refractivity contribution is 0.591. The first-order valence-corrected chi connectivity index (χ1v) is 21.7. The van der Waals surface area contributed by atoms with Crippen LogP contribution in [0, 0.1) is 0 Å². The van der Waals surface area contributed by atoms with Crippen LogP contribution < -0.4 is 4.90 Å². The zero-order valence-electron chi connectivity index (χ0n) is 35.4. The van der Waals surface area contributed by atoms with E-state index in [1.165, 1.54) is 115 Å². The van der Waals surface area contributed by atoms with Crippen molar-refractivity contribution in [3.63, 3.8) is 0 Å². The number of nitrogens with zero attached hydrogens (tertiary/aromatic N) is 3. The Balaban J connectivity index is 1.29. The van der Waals surface area contributed by atoms with E-state index < -0.39 is 0 Å². The number of rotatable bonds is 3. The maximum Gasteiger partial charge on any atom is 0.0783 e. The standard InChI is InChI=1S/C58H45N3/c1-57(2,3)36-31-44-50-40-23-15-13-17-34(40)25-26-46(50)60-47-27-28-48-53(51(47)45(32-36)54(44)60)52-41-24-16-14-18-35(41)29-42-43-30-37(58(4,5)6)33-49(55(43)61(48)56(42)52)59(38-19-9-7-10-20-38)39-21-11-8-12-22-39/h7-33H,1-6H3. The smallest absolute Gasteiger partial charge is 0.0783 e. The highest BCUT2D eigenvalue weighted by atomic mass is 15.2. The van der Waals surface area contributed by atoms with Gasteiger partial charge < -0.3 is 13.7 Å². The zero-order valence-corrected chi connectivity index (χ0v) is 35.4. The number of para-hydroxylation sites is 2. The van der Waals surface area contributed by atoms with E-state index in [0.29, 0.717) is 0 Å². The summed E-state index contributed by atoms with van der Waals surface area (Å²) in [6, 6.07) is 61.7. The van der Waals surface area contributed by atoms with Crippen LogP contribution in [0.3, 0.4) is 0 Å². The Hall–Kier alpha value is -7.10. The lowest BCUT2D eigenvalue weighted by Gasteiger charge is -2.29. The van der Waals surface area contributed by atoms with Crippen LogP contribution in [0.25, 0.3) is 97.7 Å². The second-order valence-corrected chi connectivity index (χ2v) is 19.4. The predicted molar refractivity (Wildman–Crippen MR) is 263 cm³/mol. The fraction of sp³-hybridized carbons (Fsp3) is 0.138. The highest BCUT2D eigenvalue weighted by Crippen LogP contribution is 2.53. The average molecular weight is 784 g/mol. The van der Waals surface area contributed by atoms with Crippen molar-refractivity contribution in [2.45, 2.75) is 52.4 Å². The van der Waals surface area contributed by atoms with Crippen molar-refractivity contribution in [1.29, 1.82) is 0 Å². The van der Waals surface area contributed by atoms with Crippen LogP contribution in [0.2, 0.25) is 0 Å². The summed E-state index contributed by atoms with van der Waals surface area (Å²) in [5.74, 6) is 0. The highest BCUT2D eigenvalue weighted by molar-refractivity contribution is 6.40. The van der Waals surface area contributed by atoms with Gasteiger partial charge in [0.1, 0.15) is 0 Å². The summed E-state index contributed by atoms with van der Waals surface area (Å²) in [6.45, 7) is 14.1. The molecule has 0 bridgehead atoms. The van der Waals surface area contributed by atoms with Crippen LogP contribution in [-0.2, 0) is 10.8 Å². The minimum atomic E-state index is -0.0794. The van der Waals surface area contributed by atoms with Crippen molar-refractivity contribution in [1.82, 2.24) is 8.80 Å². The molecule has 0 saturated carbocycles. The number of benzene rings is 9. The number of fused-ring (bicyclic) bond motifs is 17. The van der Waals surface area contributed by atoms with E-state index in [0.717, 1.165) is 11.4 Å². The molecule has 13 rings (SSSR count). The van der Waals surface area contributed by atoms with Crippen molar-refractivity contribution < 1.29 is 0 Å². The molecule has 0 spiro atoms. The van der Waals surface area contributed by atoms with Crippen molar-refractivity contribution in [3.8, 4) is 0 Å². The molecule has 4 heterocycles. The van der Waals surface area contributed by atoms with Gasteiger partial charge in [0.05, 0.1) is 38.8 Å². The first kappa shape index (κ1) is 34.7. The SMILES string of the molecule is CC(C)(C)c1cc(N(c2ccccc2)c2ccccc2)c2c(c1)c1cc3ccccc3c3c4c5c6cc(C(C)(C)C)cc7c8c9ccccc9ccc8n(c5ccc4n2c13)c76. The summed E-state index contributed by atoms with van der Waals surface area (Å²) < 4.78 is 5.21. The van der Waals surface area contributed by atoms with Crippen LogP contribution in [0.1, 0.15) is 52.7 Å². The minimum Gasteiger partial charge on any atom is -0.308 e. The molecule has 0 unspecified atom stereocenters. The number of aromatic nitrogens is 2. The molecular weight excluding hydrogens is 739 g/mol. The van der Waals surface area contributed by atoms with E-state index >= 15 is 0 Å². The lowest BCUT2D eigenvalue weighted by atomic mass is 9.84. The van der Waals surface area contributed by atoms with Crippen molar-refractivity contribution >= 4 is 115 Å². The van der Waals surface area contributed by atoms with Crippen LogP contribution in [0.5, 0.6) is 0 Å². The van der Waals surface area contributed by atoms with Crippen molar-refractivity contribution in [2.24, 2.45) is 0 Å². The maximum atomic E-state index is 2.63. The van der Waals surface area contributed by atoms with Gasteiger partial charge in [-0.05, 0) is 116 Å². The normalized spacial score (nSPS) is 13.1. The third-order valence-electron chi connectivity index (χ3n) is 13.8. The summed E-state index contributed by atoms with van der Waals surface area (Å²) >= 11 is 0. The first-order chi connectivity index (χ1) is 29.6. The first-order valence-electron chi connectivity index (χ1n) is 21.7. The molecule has 0 aliphatic rings. The molecule has 4 aromatic heterocycles. The largest absolute Gasteiger partial charge is 0.308 e. The van der Waals surface area contributed by atoms with E-state index in [1.54, 1.807) is 0 Å². The van der Waals surface area contributed by atoms with Gasteiger partial charge >= 0.3 is 0 Å². The van der Waals surface area contributed by atoms with Gasteiger partial charge in [0.2, 0.25) is 0 Å². The Morgan fingerprint density at radius 2 is 0.836 bits per heavy atom. The molecule has 13 aromatic rings. The molecule has 0 saturated heterocycles. The van der Waals surface area contributed by atoms with E-state index in [9.17, 15) is 0 Å². The monoisotopic (exact) mass is 783 g/mol. The van der Waals surface area contributed by atoms with E-state index in [4.69, 9.17) is 0 Å². The second kappa shape index (κ2) is 11.8. The molecule has 0 aliphatic heterocycles. The van der Waals surface area contributed by atoms with Gasteiger partial charge in [-0.25, -0.2) is 0 Å². The maximum absolute atomic E-state index is 2.63. The minimum absolute atomic E-state index is 0.0451. The van der Waals surface area contributed by atoms with Crippen LogP contribution in [-0.4, -0.2) is 8.80 Å². The molecule has 0 aliphatic carbocycles. The van der Waals surface area contributed by atoms with E-state index in [-0.39, 0.29) is 10.8 Å². The van der Waals surface area contributed by atoms with Gasteiger partial charge in [-0.3, -0.25) is 0 Å². The van der Waals surface area contributed by atoms with Crippen molar-refractivity contribution in [2.75, 3.05) is 4.90 Å². The average Bonchev–Trinajstić information content (AvgIpc) is 3.99. The molecule has 3 heteroatoms. The second-order valence-electron chi connectivity index (χ2n) is 19.4. The van der Waals surface area contributed by atoms with Gasteiger partial charge in [-0.2, -0.15) is 0 Å². The molecular formula is C58H45N3. The molecule has 0 fully saturated rings. The van der Waals surface area contributed by atoms with Crippen molar-refractivity contribution in [3.05, 3.63) is 175 Å². The summed E-state index contributed by atoms with van der Waals surface area (Å²) in [6.07, 6.45) is 0. The molecule has 9 aromatic carbocycles. The highest BCUT2D eigenvalue weighted by Gasteiger charge is 2.30. The van der Waals surface area contributed by atoms with Crippen LogP contribution in [0.4, 0.5) is 17.1 Å². The summed E-state index contributed by atoms with van der Waals surface area (Å²) in [5.41, 5.74) is 13.6. The van der Waals surface area contributed by atoms with Gasteiger partial charge in [0.15, 0.2) is 0 Å². The summed E-state index contributed by atoms with van der Waals surface area (Å²) in [5, 5.41) is 15.7. The quantitative estimate of drug-likeness (QED) is 0.174. The molecule has 0 radical (unpaired) electrons. The lowest BCUT2D eigenvalue weighted by Crippen LogP contribution is -2.15. The fourth-order valence-corrected chi connectivity index (χ4v) is 10.9. The zero-order chi connectivity index (χ0) is 41.1. The van der Waals surface area contributed by atoms with Gasteiger partial charge in [0.25, 0.3) is 0 Å². The van der Waals surface area contributed by atoms with Gasteiger partial charge in [-0.1, -0.05) is 133 Å². The Morgan fingerprint density at radius 1 is 0.344 bits per heavy atom. The molecule has 0 N–H and O–H groups in total. The molecule has 3 nitrogen and oxygen atoms in total. The van der Waals surface area contributed by atoms with E-state index in [2.05, 4.69) is 219 Å². The number of anilines is 3. The van der Waals surface area contributed by atoms with Crippen LogP contribution in [0.15, 0.2) is 164 Å². The van der Waals surface area contributed by atoms with Gasteiger partial charge in [-0.15, -0.1) is 0 Å². The van der Waals surface area contributed by atoms with Crippen LogP contribution >= 0.6 is 0 Å². The predicted octanol–water partition coefficient (Wildman–Crippen LogP) is 16.4. The third kappa shape index (κ3) is 4.58. The topological polar surface area (TPSA) is 12.1 Å². The summed E-state index contributed by atoms with van der Waals surface area (Å²) in [7, 11) is 0. The summed E-state index contributed by atoms with van der Waals surface area (Å²) in [4.78, 5) is 2.48. The molecule has 292 valence electrons. The Morgan fingerprint density at radius 3 is 1.49 bits per heavy atom. The van der Waals surface area contributed by atoms with E-state index in [1.807, 2.05) is 0 Å². The van der Waals surface area contributed by atoms with Gasteiger partial charge in [0, 0.05) is 54.5 Å². The Kier molecular flexibility index (Phi) is 6.72. The Labute approximate surface area is 354 Å². The Bertz CT molecular complexity index is 3890. The molecule has 0 amide bonds. The number of hydrogen-bond acceptors (Lipinski definition) is 1. The number of hydrogen-bond donors (Lipinski definition) is 0. The fourth-order valence-electron chi connectivity index (χ4n) is 10.9.